The number of piperidine rings is 1. The first-order valence-electron chi connectivity index (χ1n) is 9.86. The lowest BCUT2D eigenvalue weighted by atomic mass is 9.92. The number of carbonyl (C=O) groups excluding carboxylic acids is 1. The zero-order valence-corrected chi connectivity index (χ0v) is 17.3. The van der Waals surface area contributed by atoms with Gasteiger partial charge in [0.25, 0.3) is 5.91 Å². The Kier molecular flexibility index (Phi) is 7.66. The lowest BCUT2D eigenvalue weighted by Gasteiger charge is -2.28. The fourth-order valence-corrected chi connectivity index (χ4v) is 3.52. The third-order valence-corrected chi connectivity index (χ3v) is 5.05. The van der Waals surface area contributed by atoms with Gasteiger partial charge in [-0.25, -0.2) is 0 Å². The van der Waals surface area contributed by atoms with Crippen molar-refractivity contribution in [3.63, 3.8) is 0 Å². The second kappa shape index (κ2) is 9.74. The lowest BCUT2D eigenvalue weighted by Crippen LogP contribution is -2.39. The highest BCUT2D eigenvalue weighted by atomic mass is 16.6. The Balaban J connectivity index is 1.98. The molecule has 0 saturated carbocycles. The van der Waals surface area contributed by atoms with Crippen molar-refractivity contribution in [2.75, 3.05) is 32.1 Å². The van der Waals surface area contributed by atoms with Gasteiger partial charge in [0, 0.05) is 18.2 Å². The summed E-state index contributed by atoms with van der Waals surface area (Å²) < 4.78 is 0. The monoisotopic (exact) mass is 374 g/mol. The van der Waals surface area contributed by atoms with Gasteiger partial charge in [-0.05, 0) is 49.4 Å². The molecule has 1 aliphatic heterocycles. The maximum Gasteiger partial charge on any atom is 0.265 e. The first-order chi connectivity index (χ1) is 12.8. The van der Waals surface area contributed by atoms with E-state index in [4.69, 9.17) is 10.6 Å². The molecule has 1 aromatic carbocycles. The van der Waals surface area contributed by atoms with Crippen molar-refractivity contribution in [3.8, 4) is 0 Å². The van der Waals surface area contributed by atoms with E-state index in [1.54, 1.807) is 0 Å². The molecule has 1 heterocycles. The summed E-state index contributed by atoms with van der Waals surface area (Å²) in [7, 11) is 2.08. The number of nitrogens with one attached hydrogen (secondary N) is 1. The van der Waals surface area contributed by atoms with Crippen LogP contribution in [0.4, 0.5) is 5.69 Å². The number of benzene rings is 1. The van der Waals surface area contributed by atoms with Crippen LogP contribution < -0.4 is 11.1 Å². The maximum atomic E-state index is 12.4. The average Bonchev–Trinajstić information content (AvgIpc) is 2.61. The molecule has 1 aliphatic rings. The Morgan fingerprint density at radius 2 is 1.93 bits per heavy atom. The number of hydrogen-bond donors (Lipinski definition) is 2. The largest absolute Gasteiger partial charge is 0.384 e. The maximum absolute atomic E-state index is 12.4. The van der Waals surface area contributed by atoms with Crippen LogP contribution in [0.25, 0.3) is 0 Å². The molecule has 6 heteroatoms. The van der Waals surface area contributed by atoms with E-state index >= 15 is 0 Å². The second-order valence-corrected chi connectivity index (χ2v) is 8.06. The van der Waals surface area contributed by atoms with Crippen molar-refractivity contribution < 1.29 is 9.63 Å². The van der Waals surface area contributed by atoms with Gasteiger partial charge in [0.05, 0.1) is 0 Å². The lowest BCUT2D eigenvalue weighted by molar-refractivity contribution is -0.120. The van der Waals surface area contributed by atoms with Crippen molar-refractivity contribution in [2.45, 2.75) is 52.4 Å². The third-order valence-electron chi connectivity index (χ3n) is 5.05. The van der Waals surface area contributed by atoms with Gasteiger partial charge in [-0.2, -0.15) is 0 Å². The van der Waals surface area contributed by atoms with Crippen molar-refractivity contribution >= 4 is 17.4 Å². The number of carbonyl (C=O) groups is 1. The number of rotatable bonds is 7. The molecule has 1 amide bonds. The van der Waals surface area contributed by atoms with E-state index in [0.29, 0.717) is 17.7 Å². The molecule has 2 rings (SSSR count). The molecule has 0 bridgehead atoms. The van der Waals surface area contributed by atoms with Crippen LogP contribution in [0.1, 0.15) is 63.5 Å². The minimum atomic E-state index is -0.220. The molecular formula is C21H34N4O2. The number of nitrogens with two attached hydrogens (primary N) is 1. The van der Waals surface area contributed by atoms with Crippen LogP contribution in [0.5, 0.6) is 0 Å². The Morgan fingerprint density at radius 1 is 1.30 bits per heavy atom. The van der Waals surface area contributed by atoms with Crippen LogP contribution in [-0.2, 0) is 9.63 Å². The van der Waals surface area contributed by atoms with E-state index in [1.807, 2.05) is 6.07 Å². The Morgan fingerprint density at radius 3 is 2.48 bits per heavy atom. The SMILES string of the molecule is CC(C)c1cccc(C(C)C)c1NC(=O)CO/N=C(\N)C1CCCN(C)C1. The summed E-state index contributed by atoms with van der Waals surface area (Å²) in [5.74, 6) is 1.08. The smallest absolute Gasteiger partial charge is 0.265 e. The van der Waals surface area contributed by atoms with Gasteiger partial charge in [-0.15, -0.1) is 0 Å². The predicted octanol–water partition coefficient (Wildman–Crippen LogP) is 3.50. The molecular weight excluding hydrogens is 340 g/mol. The van der Waals surface area contributed by atoms with E-state index in [2.05, 4.69) is 62.2 Å². The van der Waals surface area contributed by atoms with E-state index in [9.17, 15) is 4.79 Å². The van der Waals surface area contributed by atoms with Crippen LogP contribution in [0, 0.1) is 5.92 Å². The molecule has 1 atom stereocenters. The fraction of sp³-hybridized carbons (Fsp3) is 0.619. The van der Waals surface area contributed by atoms with Crippen molar-refractivity contribution in [1.29, 1.82) is 0 Å². The summed E-state index contributed by atoms with van der Waals surface area (Å²) in [5, 5.41) is 7.01. The molecule has 1 unspecified atom stereocenters. The molecule has 150 valence electrons. The first kappa shape index (κ1) is 21.2. The summed E-state index contributed by atoms with van der Waals surface area (Å²) in [6.45, 7) is 10.3. The van der Waals surface area contributed by atoms with Gasteiger partial charge >= 0.3 is 0 Å². The minimum Gasteiger partial charge on any atom is -0.384 e. The van der Waals surface area contributed by atoms with Gasteiger partial charge in [0.1, 0.15) is 5.84 Å². The number of amidine groups is 1. The van der Waals surface area contributed by atoms with E-state index < -0.39 is 0 Å². The summed E-state index contributed by atoms with van der Waals surface area (Å²) in [4.78, 5) is 19.9. The summed E-state index contributed by atoms with van der Waals surface area (Å²) in [6, 6.07) is 6.16. The highest BCUT2D eigenvalue weighted by Gasteiger charge is 2.21. The van der Waals surface area contributed by atoms with E-state index in [-0.39, 0.29) is 18.4 Å². The first-order valence-corrected chi connectivity index (χ1v) is 9.86. The molecule has 3 N–H and O–H groups in total. The Labute approximate surface area is 163 Å². The molecule has 0 aromatic heterocycles. The topological polar surface area (TPSA) is 79.9 Å². The van der Waals surface area contributed by atoms with Gasteiger partial charge in [0.15, 0.2) is 6.61 Å². The average molecular weight is 375 g/mol. The standard InChI is InChI=1S/C21H34N4O2/c1-14(2)17-9-6-10-18(15(3)4)20(17)23-19(26)13-27-24-21(22)16-8-7-11-25(5)12-16/h6,9-10,14-16H,7-8,11-13H2,1-5H3,(H2,22,24)(H,23,26). The molecule has 1 aromatic rings. The van der Waals surface area contributed by atoms with Gasteiger partial charge < -0.3 is 20.8 Å². The molecule has 1 saturated heterocycles. The van der Waals surface area contributed by atoms with Crippen LogP contribution >= 0.6 is 0 Å². The normalized spacial score (nSPS) is 18.8. The fourth-order valence-electron chi connectivity index (χ4n) is 3.52. The van der Waals surface area contributed by atoms with Gasteiger partial charge in [-0.1, -0.05) is 51.0 Å². The number of oxime groups is 1. The quantitative estimate of drug-likeness (QED) is 0.435. The summed E-state index contributed by atoms with van der Waals surface area (Å²) >= 11 is 0. The number of hydrogen-bond acceptors (Lipinski definition) is 4. The molecule has 27 heavy (non-hydrogen) atoms. The highest BCUT2D eigenvalue weighted by Crippen LogP contribution is 2.32. The van der Waals surface area contributed by atoms with Crippen LogP contribution in [0.3, 0.4) is 0 Å². The molecule has 0 aliphatic carbocycles. The third kappa shape index (κ3) is 5.96. The summed E-state index contributed by atoms with van der Waals surface area (Å²) in [6.07, 6.45) is 2.11. The molecule has 1 fully saturated rings. The second-order valence-electron chi connectivity index (χ2n) is 8.06. The number of amides is 1. The highest BCUT2D eigenvalue weighted by molar-refractivity contribution is 5.93. The van der Waals surface area contributed by atoms with Crippen molar-refractivity contribution in [3.05, 3.63) is 29.3 Å². The Hall–Kier alpha value is -2.08. The molecule has 0 radical (unpaired) electrons. The van der Waals surface area contributed by atoms with Crippen LogP contribution in [0.15, 0.2) is 23.4 Å². The zero-order chi connectivity index (χ0) is 20.0. The van der Waals surface area contributed by atoms with Gasteiger partial charge in [-0.3, -0.25) is 4.79 Å². The Bertz CT molecular complexity index is 644. The summed E-state index contributed by atoms with van der Waals surface area (Å²) in [5.41, 5.74) is 9.19. The predicted molar refractivity (Wildman–Crippen MR) is 111 cm³/mol. The van der Waals surface area contributed by atoms with Gasteiger partial charge in [0.2, 0.25) is 0 Å². The van der Waals surface area contributed by atoms with Crippen molar-refractivity contribution in [2.24, 2.45) is 16.8 Å². The van der Waals surface area contributed by atoms with Crippen LogP contribution in [-0.4, -0.2) is 43.4 Å². The number of nitrogens with zero attached hydrogens (tertiary/aromatic N) is 2. The number of likely N-dealkylation sites (tertiary alicyclic amines) is 1. The number of anilines is 1. The van der Waals surface area contributed by atoms with Crippen molar-refractivity contribution in [1.82, 2.24) is 4.90 Å². The van der Waals surface area contributed by atoms with E-state index in [1.165, 1.54) is 0 Å². The zero-order valence-electron chi connectivity index (χ0n) is 17.3. The molecule has 6 nitrogen and oxygen atoms in total. The number of para-hydroxylation sites is 1. The van der Waals surface area contributed by atoms with Crippen LogP contribution in [0.2, 0.25) is 0 Å². The van der Waals surface area contributed by atoms with E-state index in [0.717, 1.165) is 42.7 Å². The minimum absolute atomic E-state index is 0.146. The molecule has 0 spiro atoms.